The maximum absolute atomic E-state index is 12.3. The third-order valence-corrected chi connectivity index (χ3v) is 1.65. The second kappa shape index (κ2) is 5.91. The van der Waals surface area contributed by atoms with Gasteiger partial charge in [-0.1, -0.05) is 0 Å². The Balaban J connectivity index is 4.52. The first kappa shape index (κ1) is 16.5. The minimum atomic E-state index is -5.11. The van der Waals surface area contributed by atoms with Gasteiger partial charge in [0.25, 0.3) is 0 Å². The summed E-state index contributed by atoms with van der Waals surface area (Å²) in [7, 11) is 0.655. The number of halogens is 6. The van der Waals surface area contributed by atoms with Gasteiger partial charge in [0.05, 0.1) is 13.5 Å². The van der Waals surface area contributed by atoms with Crippen LogP contribution in [0.25, 0.3) is 0 Å². The topological polar surface area (TPSA) is 52.6 Å². The predicted molar refractivity (Wildman–Crippen MR) is 43.2 cm³/mol. The molecular weight excluding hydrogens is 274 g/mol. The molecule has 0 aromatic heterocycles. The van der Waals surface area contributed by atoms with Gasteiger partial charge >= 0.3 is 24.3 Å². The summed E-state index contributed by atoms with van der Waals surface area (Å²) < 4.78 is 79.0. The van der Waals surface area contributed by atoms with Crippen LogP contribution in [-0.2, 0) is 19.1 Å². The fraction of sp³-hybridized carbons (Fsp3) is 0.750. The van der Waals surface area contributed by atoms with E-state index in [9.17, 15) is 35.9 Å². The van der Waals surface area contributed by atoms with Gasteiger partial charge in [0.15, 0.2) is 12.5 Å². The van der Waals surface area contributed by atoms with Gasteiger partial charge < -0.3 is 9.47 Å². The third-order valence-electron chi connectivity index (χ3n) is 1.65. The maximum atomic E-state index is 12.3. The first-order valence-electron chi connectivity index (χ1n) is 4.34. The number of alkyl halides is 6. The molecule has 0 aliphatic rings. The van der Waals surface area contributed by atoms with Gasteiger partial charge in [-0.2, -0.15) is 26.3 Å². The van der Waals surface area contributed by atoms with Crippen molar-refractivity contribution in [2.24, 2.45) is 5.92 Å². The fourth-order valence-corrected chi connectivity index (χ4v) is 0.863. The van der Waals surface area contributed by atoms with Gasteiger partial charge in [0.1, 0.15) is 0 Å². The largest absolute Gasteiger partial charge is 0.469 e. The Labute approximate surface area is 96.8 Å². The number of hydrogen-bond acceptors (Lipinski definition) is 4. The SMILES string of the molecule is COC(=O)C(CC(=O)OCC(F)(F)F)C(F)(F)F. The molecule has 4 nitrogen and oxygen atoms in total. The standard InChI is InChI=1S/C8H8F6O4/c1-17-6(16)4(8(12,13)14)2-5(15)18-3-7(9,10)11/h4H,2-3H2,1H3. The van der Waals surface area contributed by atoms with E-state index in [4.69, 9.17) is 0 Å². The fourth-order valence-electron chi connectivity index (χ4n) is 0.863. The molecule has 0 amide bonds. The lowest BCUT2D eigenvalue weighted by atomic mass is 10.1. The van der Waals surface area contributed by atoms with Gasteiger partial charge in [-0.3, -0.25) is 9.59 Å². The molecule has 0 aliphatic heterocycles. The van der Waals surface area contributed by atoms with E-state index < -0.39 is 43.2 Å². The minimum Gasteiger partial charge on any atom is -0.469 e. The van der Waals surface area contributed by atoms with Crippen LogP contribution in [0.2, 0.25) is 0 Å². The van der Waals surface area contributed by atoms with E-state index >= 15 is 0 Å². The average Bonchev–Trinajstić information content (AvgIpc) is 2.19. The second-order valence-corrected chi connectivity index (χ2v) is 3.10. The number of carbonyl (C=O) groups is 2. The molecule has 0 heterocycles. The zero-order valence-corrected chi connectivity index (χ0v) is 8.89. The summed E-state index contributed by atoms with van der Waals surface area (Å²) in [6.45, 7) is -2.02. The first-order valence-corrected chi connectivity index (χ1v) is 4.34. The van der Waals surface area contributed by atoms with E-state index in [1.54, 1.807) is 0 Å². The lowest BCUT2D eigenvalue weighted by Gasteiger charge is -2.17. The molecule has 0 saturated heterocycles. The second-order valence-electron chi connectivity index (χ2n) is 3.10. The van der Waals surface area contributed by atoms with Crippen LogP contribution in [-0.4, -0.2) is 38.0 Å². The number of methoxy groups -OCH3 is 1. The lowest BCUT2D eigenvalue weighted by Crippen LogP contribution is -2.34. The summed E-state index contributed by atoms with van der Waals surface area (Å²) in [6, 6.07) is 0. The van der Waals surface area contributed by atoms with Crippen LogP contribution in [0.1, 0.15) is 6.42 Å². The quantitative estimate of drug-likeness (QED) is 0.583. The Kier molecular flexibility index (Phi) is 5.43. The van der Waals surface area contributed by atoms with E-state index in [0.29, 0.717) is 7.11 Å². The van der Waals surface area contributed by atoms with Gasteiger partial charge in [0, 0.05) is 0 Å². The van der Waals surface area contributed by atoms with E-state index in [0.717, 1.165) is 0 Å². The Bertz CT molecular complexity index is 308. The zero-order valence-electron chi connectivity index (χ0n) is 8.89. The third kappa shape index (κ3) is 6.30. The van der Waals surface area contributed by atoms with Crippen molar-refractivity contribution in [2.75, 3.05) is 13.7 Å². The normalized spacial score (nSPS) is 13.9. The average molecular weight is 282 g/mol. The van der Waals surface area contributed by atoms with Crippen molar-refractivity contribution >= 4 is 11.9 Å². The molecule has 0 fully saturated rings. The highest BCUT2D eigenvalue weighted by Crippen LogP contribution is 2.30. The highest BCUT2D eigenvalue weighted by atomic mass is 19.4. The van der Waals surface area contributed by atoms with Crippen molar-refractivity contribution in [3.63, 3.8) is 0 Å². The molecule has 0 N–H and O–H groups in total. The van der Waals surface area contributed by atoms with Crippen LogP contribution in [0.15, 0.2) is 0 Å². The van der Waals surface area contributed by atoms with Crippen molar-refractivity contribution < 1.29 is 45.4 Å². The molecular formula is C8H8F6O4. The smallest absolute Gasteiger partial charge is 0.422 e. The minimum absolute atomic E-state index is 0.655. The summed E-state index contributed by atoms with van der Waals surface area (Å²) in [4.78, 5) is 21.5. The molecule has 0 rings (SSSR count). The number of carbonyl (C=O) groups excluding carboxylic acids is 2. The Morgan fingerprint density at radius 1 is 1.11 bits per heavy atom. The summed E-state index contributed by atoms with van der Waals surface area (Å²) in [5.74, 6) is -6.41. The van der Waals surface area contributed by atoms with Crippen molar-refractivity contribution in [2.45, 2.75) is 18.8 Å². The Morgan fingerprint density at radius 3 is 1.94 bits per heavy atom. The van der Waals surface area contributed by atoms with Crippen LogP contribution in [0, 0.1) is 5.92 Å². The molecule has 0 saturated carbocycles. The monoisotopic (exact) mass is 282 g/mol. The van der Waals surface area contributed by atoms with Crippen molar-refractivity contribution in [3.8, 4) is 0 Å². The summed E-state index contributed by atoms with van der Waals surface area (Å²) >= 11 is 0. The van der Waals surface area contributed by atoms with E-state index in [1.807, 2.05) is 0 Å². The Hall–Kier alpha value is -1.48. The number of esters is 2. The van der Waals surface area contributed by atoms with Crippen LogP contribution >= 0.6 is 0 Å². The molecule has 0 bridgehead atoms. The first-order chi connectivity index (χ1) is 7.97. The molecule has 0 aromatic rings. The van der Waals surface area contributed by atoms with E-state index in [-0.39, 0.29) is 0 Å². The number of hydrogen-bond donors (Lipinski definition) is 0. The number of rotatable bonds is 4. The number of ether oxygens (including phenoxy) is 2. The summed E-state index contributed by atoms with van der Waals surface area (Å²) in [5, 5.41) is 0. The molecule has 10 heteroatoms. The molecule has 106 valence electrons. The van der Waals surface area contributed by atoms with Crippen molar-refractivity contribution in [1.82, 2.24) is 0 Å². The van der Waals surface area contributed by atoms with Gasteiger partial charge in [0.2, 0.25) is 0 Å². The van der Waals surface area contributed by atoms with Crippen LogP contribution in [0.5, 0.6) is 0 Å². The molecule has 0 aliphatic carbocycles. The van der Waals surface area contributed by atoms with Gasteiger partial charge in [-0.25, -0.2) is 0 Å². The summed E-state index contributed by atoms with van der Waals surface area (Å²) in [5.41, 5.74) is 0. The highest BCUT2D eigenvalue weighted by Gasteiger charge is 2.47. The summed E-state index contributed by atoms with van der Waals surface area (Å²) in [6.07, 6.45) is -11.5. The molecule has 0 spiro atoms. The molecule has 1 atom stereocenters. The lowest BCUT2D eigenvalue weighted by molar-refractivity contribution is -0.206. The van der Waals surface area contributed by atoms with Gasteiger partial charge in [-0.15, -0.1) is 0 Å². The predicted octanol–water partition coefficient (Wildman–Crippen LogP) is 1.83. The van der Waals surface area contributed by atoms with Crippen molar-refractivity contribution in [1.29, 1.82) is 0 Å². The van der Waals surface area contributed by atoms with E-state index in [2.05, 4.69) is 9.47 Å². The van der Waals surface area contributed by atoms with Crippen LogP contribution in [0.3, 0.4) is 0 Å². The maximum Gasteiger partial charge on any atom is 0.422 e. The van der Waals surface area contributed by atoms with Gasteiger partial charge in [-0.05, 0) is 0 Å². The zero-order chi connectivity index (χ0) is 14.6. The Morgan fingerprint density at radius 2 is 1.61 bits per heavy atom. The molecule has 0 aromatic carbocycles. The molecule has 0 radical (unpaired) electrons. The highest BCUT2D eigenvalue weighted by molar-refractivity contribution is 5.80. The molecule has 1 unspecified atom stereocenters. The van der Waals surface area contributed by atoms with Crippen molar-refractivity contribution in [3.05, 3.63) is 0 Å². The van der Waals surface area contributed by atoms with E-state index in [1.165, 1.54) is 0 Å². The molecule has 18 heavy (non-hydrogen) atoms. The van der Waals surface area contributed by atoms with Crippen LogP contribution in [0.4, 0.5) is 26.3 Å². The van der Waals surface area contributed by atoms with Crippen LogP contribution < -0.4 is 0 Å².